The fourth-order valence-electron chi connectivity index (χ4n) is 1.38. The second-order valence-corrected chi connectivity index (χ2v) is 6.61. The Labute approximate surface area is 129 Å². The molecule has 1 aromatic rings. The van der Waals surface area contributed by atoms with Crippen LogP contribution in [0.25, 0.3) is 0 Å². The van der Waals surface area contributed by atoms with Crippen LogP contribution in [-0.2, 0) is 11.2 Å². The van der Waals surface area contributed by atoms with Gasteiger partial charge in [0.1, 0.15) is 12.4 Å². The van der Waals surface area contributed by atoms with Crippen LogP contribution < -0.4 is 10.5 Å². The quantitative estimate of drug-likeness (QED) is 0.776. The van der Waals surface area contributed by atoms with Crippen molar-refractivity contribution in [1.82, 2.24) is 0 Å². The van der Waals surface area contributed by atoms with Gasteiger partial charge in [-0.1, -0.05) is 0 Å². The number of carboxylic acids is 1. The Morgan fingerprint density at radius 2 is 1.89 bits per heavy atom. The number of nitrogens with two attached hydrogens (primary N) is 1. The number of aliphatic carboxylic acids is 1. The van der Waals surface area contributed by atoms with Crippen LogP contribution in [0.4, 0.5) is 0 Å². The van der Waals surface area contributed by atoms with E-state index in [1.807, 2.05) is 12.1 Å². The highest BCUT2D eigenvalue weighted by atomic mass is 79.9. The van der Waals surface area contributed by atoms with Crippen LogP contribution >= 0.6 is 31.9 Å². The Hall–Kier alpha value is -0.590. The summed E-state index contributed by atoms with van der Waals surface area (Å²) in [4.78, 5) is 11.0. The molecule has 6 heteroatoms. The topological polar surface area (TPSA) is 72.5 Å². The lowest BCUT2D eigenvalue weighted by Gasteiger charge is -2.21. The highest BCUT2D eigenvalue weighted by Gasteiger charge is 2.28. The zero-order valence-electron chi connectivity index (χ0n) is 10.9. The maximum Gasteiger partial charge on any atom is 0.312 e. The van der Waals surface area contributed by atoms with Crippen molar-refractivity contribution in [2.24, 2.45) is 11.1 Å². The smallest absolute Gasteiger partial charge is 0.312 e. The lowest BCUT2D eigenvalue weighted by atomic mass is 9.95. The van der Waals surface area contributed by atoms with Crippen LogP contribution in [0.5, 0.6) is 5.75 Å². The second-order valence-electron chi connectivity index (χ2n) is 4.90. The molecular formula is C13H17Br2NO3. The van der Waals surface area contributed by atoms with Gasteiger partial charge in [0, 0.05) is 0 Å². The van der Waals surface area contributed by atoms with Crippen molar-refractivity contribution >= 4 is 37.8 Å². The van der Waals surface area contributed by atoms with E-state index in [1.165, 1.54) is 0 Å². The molecule has 0 aliphatic carbocycles. The molecule has 0 radical (unpaired) electrons. The number of hydrogen-bond acceptors (Lipinski definition) is 3. The molecule has 0 aliphatic heterocycles. The van der Waals surface area contributed by atoms with Crippen molar-refractivity contribution in [2.75, 3.05) is 13.2 Å². The molecule has 0 amide bonds. The van der Waals surface area contributed by atoms with Crippen LogP contribution in [0.15, 0.2) is 21.1 Å². The predicted molar refractivity (Wildman–Crippen MR) is 81.5 cm³/mol. The minimum Gasteiger partial charge on any atom is -0.490 e. The SMILES string of the molecule is CC(C)(COc1c(Br)cc(CCN)cc1Br)C(=O)O. The number of hydrogen-bond donors (Lipinski definition) is 2. The summed E-state index contributed by atoms with van der Waals surface area (Å²) in [6, 6.07) is 3.86. The van der Waals surface area contributed by atoms with Gasteiger partial charge in [0.15, 0.2) is 0 Å². The van der Waals surface area contributed by atoms with Gasteiger partial charge < -0.3 is 15.6 Å². The van der Waals surface area contributed by atoms with Gasteiger partial charge >= 0.3 is 5.97 Å². The fourth-order valence-corrected chi connectivity index (χ4v) is 2.89. The molecule has 1 aromatic carbocycles. The van der Waals surface area contributed by atoms with Gasteiger partial charge in [-0.3, -0.25) is 4.79 Å². The summed E-state index contributed by atoms with van der Waals surface area (Å²) in [7, 11) is 0. The molecular weight excluding hydrogens is 378 g/mol. The number of benzene rings is 1. The normalized spacial score (nSPS) is 11.4. The van der Waals surface area contributed by atoms with Crippen molar-refractivity contribution in [2.45, 2.75) is 20.3 Å². The van der Waals surface area contributed by atoms with Crippen LogP contribution in [0.2, 0.25) is 0 Å². The summed E-state index contributed by atoms with van der Waals surface area (Å²) in [6.07, 6.45) is 0.776. The molecule has 0 bridgehead atoms. The monoisotopic (exact) mass is 393 g/mol. The molecule has 0 atom stereocenters. The van der Waals surface area contributed by atoms with Crippen molar-refractivity contribution in [3.05, 3.63) is 26.6 Å². The lowest BCUT2D eigenvalue weighted by Crippen LogP contribution is -2.30. The standard InChI is InChI=1S/C13H17Br2NO3/c1-13(2,12(17)18)7-19-11-9(14)5-8(3-4-16)6-10(11)15/h5-6H,3-4,7,16H2,1-2H3,(H,17,18). The Balaban J connectivity index is 2.88. The molecule has 0 saturated heterocycles. The third kappa shape index (κ3) is 4.47. The van der Waals surface area contributed by atoms with Gasteiger partial charge in [-0.05, 0) is 76.4 Å². The number of rotatable bonds is 6. The van der Waals surface area contributed by atoms with E-state index in [0.29, 0.717) is 12.3 Å². The molecule has 106 valence electrons. The number of ether oxygens (including phenoxy) is 1. The number of halogens is 2. The molecule has 0 saturated carbocycles. The summed E-state index contributed by atoms with van der Waals surface area (Å²) >= 11 is 6.86. The largest absolute Gasteiger partial charge is 0.490 e. The van der Waals surface area contributed by atoms with Crippen molar-refractivity contribution in [3.8, 4) is 5.75 Å². The molecule has 0 spiro atoms. The first-order valence-corrected chi connectivity index (χ1v) is 7.40. The van der Waals surface area contributed by atoms with Gasteiger partial charge in [-0.15, -0.1) is 0 Å². The molecule has 19 heavy (non-hydrogen) atoms. The van der Waals surface area contributed by atoms with E-state index in [1.54, 1.807) is 13.8 Å². The first-order valence-electron chi connectivity index (χ1n) is 5.82. The maximum absolute atomic E-state index is 11.0. The number of carbonyl (C=O) groups is 1. The van der Waals surface area contributed by atoms with E-state index in [0.717, 1.165) is 20.9 Å². The van der Waals surface area contributed by atoms with E-state index >= 15 is 0 Å². The van der Waals surface area contributed by atoms with Crippen molar-refractivity contribution in [3.63, 3.8) is 0 Å². The van der Waals surface area contributed by atoms with Crippen molar-refractivity contribution in [1.29, 1.82) is 0 Å². The van der Waals surface area contributed by atoms with Crippen LogP contribution in [0, 0.1) is 5.41 Å². The van der Waals surface area contributed by atoms with E-state index in [9.17, 15) is 4.79 Å². The molecule has 0 aromatic heterocycles. The van der Waals surface area contributed by atoms with E-state index in [-0.39, 0.29) is 6.61 Å². The van der Waals surface area contributed by atoms with E-state index < -0.39 is 11.4 Å². The highest BCUT2D eigenvalue weighted by Crippen LogP contribution is 2.36. The first kappa shape index (κ1) is 16.5. The van der Waals surface area contributed by atoms with Crippen LogP contribution in [-0.4, -0.2) is 24.2 Å². The number of carboxylic acid groups (broad SMARTS) is 1. The summed E-state index contributed by atoms with van der Waals surface area (Å²) in [5.41, 5.74) is 5.67. The summed E-state index contributed by atoms with van der Waals surface area (Å²) in [5.74, 6) is -0.283. The molecule has 4 nitrogen and oxygen atoms in total. The second kappa shape index (κ2) is 6.72. The first-order chi connectivity index (χ1) is 8.77. The maximum atomic E-state index is 11.0. The minimum absolute atomic E-state index is 0.0930. The zero-order valence-corrected chi connectivity index (χ0v) is 14.0. The van der Waals surface area contributed by atoms with Gasteiger partial charge in [-0.2, -0.15) is 0 Å². The van der Waals surface area contributed by atoms with Gasteiger partial charge in [0.25, 0.3) is 0 Å². The third-order valence-corrected chi connectivity index (χ3v) is 3.83. The average Bonchev–Trinajstić information content (AvgIpc) is 2.27. The molecule has 0 heterocycles. The molecule has 0 aliphatic rings. The van der Waals surface area contributed by atoms with Crippen LogP contribution in [0.1, 0.15) is 19.4 Å². The molecule has 1 rings (SSSR count). The van der Waals surface area contributed by atoms with Gasteiger partial charge in [0.05, 0.1) is 14.4 Å². The third-order valence-electron chi connectivity index (χ3n) is 2.65. The Morgan fingerprint density at radius 3 is 2.32 bits per heavy atom. The van der Waals surface area contributed by atoms with Gasteiger partial charge in [-0.25, -0.2) is 0 Å². The highest BCUT2D eigenvalue weighted by molar-refractivity contribution is 9.11. The Kier molecular flexibility index (Phi) is 5.82. The van der Waals surface area contributed by atoms with Crippen molar-refractivity contribution < 1.29 is 14.6 Å². The van der Waals surface area contributed by atoms with Crippen LogP contribution in [0.3, 0.4) is 0 Å². The summed E-state index contributed by atoms with van der Waals surface area (Å²) in [6.45, 7) is 3.92. The Bertz CT molecular complexity index is 452. The Morgan fingerprint density at radius 1 is 1.37 bits per heavy atom. The lowest BCUT2D eigenvalue weighted by molar-refractivity contribution is -0.148. The fraction of sp³-hybridized carbons (Fsp3) is 0.462. The molecule has 0 unspecified atom stereocenters. The van der Waals surface area contributed by atoms with Gasteiger partial charge in [0.2, 0.25) is 0 Å². The van der Waals surface area contributed by atoms with E-state index in [2.05, 4.69) is 31.9 Å². The zero-order chi connectivity index (χ0) is 14.6. The minimum atomic E-state index is -0.936. The average molecular weight is 395 g/mol. The van der Waals surface area contributed by atoms with E-state index in [4.69, 9.17) is 15.6 Å². The molecule has 0 fully saturated rings. The summed E-state index contributed by atoms with van der Waals surface area (Å²) in [5, 5.41) is 9.05. The predicted octanol–water partition coefficient (Wildman–Crippen LogP) is 3.20. The summed E-state index contributed by atoms with van der Waals surface area (Å²) < 4.78 is 7.19. The molecule has 3 N–H and O–H groups in total.